The predicted octanol–water partition coefficient (Wildman–Crippen LogP) is 1.17. The molecular weight excluding hydrogens is 296 g/mol. The van der Waals surface area contributed by atoms with Crippen LogP contribution in [0.2, 0.25) is 0 Å². The number of carboxylic acids is 1. The second kappa shape index (κ2) is 6.93. The molecule has 2 heterocycles. The third-order valence-electron chi connectivity index (χ3n) is 2.57. The molecule has 0 fully saturated rings. The molecule has 0 aliphatic rings. The Labute approximate surface area is 124 Å². The Morgan fingerprint density at radius 3 is 2.86 bits per heavy atom. The van der Waals surface area contributed by atoms with Crippen LogP contribution < -0.4 is 5.32 Å². The van der Waals surface area contributed by atoms with Gasteiger partial charge in [-0.3, -0.25) is 4.79 Å². The van der Waals surface area contributed by atoms with Crippen LogP contribution >= 0.6 is 11.3 Å². The first-order valence-electron chi connectivity index (χ1n) is 6.28. The lowest BCUT2D eigenvalue weighted by molar-refractivity contribution is -0.121. The number of thiazole rings is 1. The van der Waals surface area contributed by atoms with Crippen molar-refractivity contribution in [3.05, 3.63) is 27.8 Å². The summed E-state index contributed by atoms with van der Waals surface area (Å²) in [6.45, 7) is 1.97. The Morgan fingerprint density at radius 1 is 1.43 bits per heavy atom. The second-order valence-corrected chi connectivity index (χ2v) is 5.24. The second-order valence-electron chi connectivity index (χ2n) is 4.30. The summed E-state index contributed by atoms with van der Waals surface area (Å²) in [4.78, 5) is 30.2. The van der Waals surface area contributed by atoms with Crippen molar-refractivity contribution in [1.82, 2.24) is 20.4 Å². The Bertz CT molecular complexity index is 637. The number of rotatable bonds is 7. The molecule has 21 heavy (non-hydrogen) atoms. The molecular formula is C12H14N4O4S. The lowest BCUT2D eigenvalue weighted by Crippen LogP contribution is -2.22. The molecule has 0 bridgehead atoms. The predicted molar refractivity (Wildman–Crippen MR) is 72.9 cm³/mol. The summed E-state index contributed by atoms with van der Waals surface area (Å²) < 4.78 is 4.94. The molecule has 112 valence electrons. The van der Waals surface area contributed by atoms with E-state index < -0.39 is 5.97 Å². The third kappa shape index (κ3) is 4.63. The minimum Gasteiger partial charge on any atom is -0.476 e. The number of aryl methyl sites for hydroxylation is 2. The average molecular weight is 310 g/mol. The summed E-state index contributed by atoms with van der Waals surface area (Å²) in [5.41, 5.74) is -0.00369. The monoisotopic (exact) mass is 310 g/mol. The summed E-state index contributed by atoms with van der Waals surface area (Å²) in [6, 6.07) is 0. The van der Waals surface area contributed by atoms with Crippen LogP contribution in [0.1, 0.15) is 40.1 Å². The highest BCUT2D eigenvalue weighted by Crippen LogP contribution is 2.09. The number of nitrogens with one attached hydrogen (secondary N) is 1. The van der Waals surface area contributed by atoms with E-state index in [9.17, 15) is 9.59 Å². The van der Waals surface area contributed by atoms with Crippen molar-refractivity contribution in [3.8, 4) is 0 Å². The zero-order chi connectivity index (χ0) is 15.2. The molecule has 0 spiro atoms. The van der Waals surface area contributed by atoms with Gasteiger partial charge >= 0.3 is 5.97 Å². The van der Waals surface area contributed by atoms with Gasteiger partial charge in [0.15, 0.2) is 11.5 Å². The molecule has 8 nitrogen and oxygen atoms in total. The van der Waals surface area contributed by atoms with Gasteiger partial charge in [-0.25, -0.2) is 9.78 Å². The van der Waals surface area contributed by atoms with Crippen LogP contribution in [-0.4, -0.2) is 32.1 Å². The van der Waals surface area contributed by atoms with Crippen LogP contribution in [0.3, 0.4) is 0 Å². The molecule has 0 saturated carbocycles. The molecule has 0 unspecified atom stereocenters. The maximum atomic E-state index is 11.6. The maximum absolute atomic E-state index is 11.6. The first-order chi connectivity index (χ1) is 10.0. The fraction of sp³-hybridized carbons (Fsp3) is 0.417. The van der Waals surface area contributed by atoms with Crippen LogP contribution in [0, 0.1) is 6.92 Å². The van der Waals surface area contributed by atoms with Gasteiger partial charge in [-0.05, 0) is 13.3 Å². The van der Waals surface area contributed by atoms with Gasteiger partial charge in [0, 0.05) is 18.2 Å². The molecule has 2 aromatic heterocycles. The number of aromatic carboxylic acids is 1. The maximum Gasteiger partial charge on any atom is 0.355 e. The van der Waals surface area contributed by atoms with Crippen molar-refractivity contribution >= 4 is 23.2 Å². The minimum atomic E-state index is -1.07. The molecule has 0 aromatic carbocycles. The topological polar surface area (TPSA) is 118 Å². The van der Waals surface area contributed by atoms with Crippen LogP contribution in [0.4, 0.5) is 0 Å². The number of carbonyl (C=O) groups is 2. The van der Waals surface area contributed by atoms with Crippen molar-refractivity contribution in [2.45, 2.75) is 32.7 Å². The fourth-order valence-electron chi connectivity index (χ4n) is 1.59. The van der Waals surface area contributed by atoms with Crippen molar-refractivity contribution < 1.29 is 19.2 Å². The largest absolute Gasteiger partial charge is 0.476 e. The van der Waals surface area contributed by atoms with E-state index in [2.05, 4.69) is 20.4 Å². The summed E-state index contributed by atoms with van der Waals surface area (Å²) in [6.07, 6.45) is 1.49. The first kappa shape index (κ1) is 15.1. The number of hydrogen-bond donors (Lipinski definition) is 2. The van der Waals surface area contributed by atoms with Gasteiger partial charge < -0.3 is 14.9 Å². The lowest BCUT2D eigenvalue weighted by Gasteiger charge is -2.01. The smallest absolute Gasteiger partial charge is 0.355 e. The quantitative estimate of drug-likeness (QED) is 0.788. The number of aromatic nitrogens is 3. The lowest BCUT2D eigenvalue weighted by atomic mass is 10.2. The average Bonchev–Trinajstić information content (AvgIpc) is 3.05. The van der Waals surface area contributed by atoms with E-state index in [-0.39, 0.29) is 18.1 Å². The van der Waals surface area contributed by atoms with Crippen molar-refractivity contribution in [1.29, 1.82) is 0 Å². The van der Waals surface area contributed by atoms with Gasteiger partial charge in [-0.15, -0.1) is 11.3 Å². The highest BCUT2D eigenvalue weighted by molar-refractivity contribution is 7.09. The summed E-state index contributed by atoms with van der Waals surface area (Å²) >= 11 is 1.20. The Morgan fingerprint density at radius 2 is 2.24 bits per heavy atom. The van der Waals surface area contributed by atoms with E-state index in [0.717, 1.165) is 0 Å². The van der Waals surface area contributed by atoms with E-state index in [0.29, 0.717) is 36.0 Å². The molecule has 0 saturated heterocycles. The highest BCUT2D eigenvalue weighted by Gasteiger charge is 2.10. The van der Waals surface area contributed by atoms with Crippen molar-refractivity contribution in [2.24, 2.45) is 0 Å². The molecule has 1 amide bonds. The van der Waals surface area contributed by atoms with Crippen molar-refractivity contribution in [3.63, 3.8) is 0 Å². The normalized spacial score (nSPS) is 10.5. The Kier molecular flexibility index (Phi) is 4.99. The highest BCUT2D eigenvalue weighted by atomic mass is 32.1. The van der Waals surface area contributed by atoms with E-state index in [1.807, 2.05) is 0 Å². The third-order valence-corrected chi connectivity index (χ3v) is 3.42. The molecule has 2 aromatic rings. The Hall–Kier alpha value is -2.29. The van der Waals surface area contributed by atoms with E-state index in [4.69, 9.17) is 9.63 Å². The van der Waals surface area contributed by atoms with Gasteiger partial charge in [0.05, 0.1) is 6.54 Å². The van der Waals surface area contributed by atoms with E-state index in [1.54, 1.807) is 6.92 Å². The van der Waals surface area contributed by atoms with Crippen LogP contribution in [0.15, 0.2) is 9.90 Å². The SMILES string of the molecule is Cc1noc(CCCC(=O)NCc2nc(C(=O)O)cs2)n1. The standard InChI is InChI=1S/C12H14N4O4S/c1-7-14-10(20-16-7)4-2-3-9(17)13-5-11-15-8(6-21-11)12(18)19/h6H,2-5H2,1H3,(H,13,17)(H,18,19). The number of carbonyl (C=O) groups excluding carboxylic acids is 1. The molecule has 0 aliphatic carbocycles. The number of nitrogens with zero attached hydrogens (tertiary/aromatic N) is 3. The fourth-order valence-corrected chi connectivity index (χ4v) is 2.30. The van der Waals surface area contributed by atoms with Crippen LogP contribution in [0.25, 0.3) is 0 Å². The van der Waals surface area contributed by atoms with E-state index >= 15 is 0 Å². The molecule has 0 aliphatic heterocycles. The van der Waals surface area contributed by atoms with Gasteiger partial charge in [0.1, 0.15) is 5.01 Å². The summed E-state index contributed by atoms with van der Waals surface area (Å²) in [5, 5.41) is 17.1. The molecule has 2 rings (SSSR count). The van der Waals surface area contributed by atoms with Gasteiger partial charge in [0.25, 0.3) is 0 Å². The molecule has 2 N–H and O–H groups in total. The van der Waals surface area contributed by atoms with Crippen LogP contribution in [-0.2, 0) is 17.8 Å². The summed E-state index contributed by atoms with van der Waals surface area (Å²) in [7, 11) is 0. The Balaban J connectivity index is 1.68. The van der Waals surface area contributed by atoms with Gasteiger partial charge in [-0.1, -0.05) is 5.16 Å². The number of amides is 1. The summed E-state index contributed by atoms with van der Waals surface area (Å²) in [5.74, 6) is -0.101. The molecule has 0 radical (unpaired) electrons. The first-order valence-corrected chi connectivity index (χ1v) is 7.16. The zero-order valence-corrected chi connectivity index (χ0v) is 12.1. The molecule has 9 heteroatoms. The van der Waals surface area contributed by atoms with Crippen molar-refractivity contribution in [2.75, 3.05) is 0 Å². The molecule has 0 atom stereocenters. The van der Waals surface area contributed by atoms with E-state index in [1.165, 1.54) is 16.7 Å². The van der Waals surface area contributed by atoms with Gasteiger partial charge in [0.2, 0.25) is 11.8 Å². The number of hydrogen-bond acceptors (Lipinski definition) is 7. The zero-order valence-electron chi connectivity index (χ0n) is 11.3. The number of carboxylic acid groups (broad SMARTS) is 1. The van der Waals surface area contributed by atoms with Crippen LogP contribution in [0.5, 0.6) is 0 Å². The van der Waals surface area contributed by atoms with Gasteiger partial charge in [-0.2, -0.15) is 4.98 Å². The minimum absolute atomic E-state index is 0.00369.